The maximum Gasteiger partial charge on any atom is 0.229 e. The largest absolute Gasteiger partial charge is 0.489 e. The average molecular weight is 332 g/mol. The van der Waals surface area contributed by atoms with Gasteiger partial charge >= 0.3 is 0 Å². The molecular formula is C18H24N2O4. The number of rotatable bonds is 5. The van der Waals surface area contributed by atoms with Gasteiger partial charge in [0.1, 0.15) is 12.4 Å². The summed E-state index contributed by atoms with van der Waals surface area (Å²) in [5, 5.41) is 2.91. The molecule has 0 aliphatic carbocycles. The Morgan fingerprint density at radius 3 is 2.96 bits per heavy atom. The number of benzene rings is 1. The summed E-state index contributed by atoms with van der Waals surface area (Å²) >= 11 is 0. The van der Waals surface area contributed by atoms with Crippen molar-refractivity contribution < 1.29 is 19.1 Å². The summed E-state index contributed by atoms with van der Waals surface area (Å²) in [4.78, 5) is 25.6. The monoisotopic (exact) mass is 332 g/mol. The van der Waals surface area contributed by atoms with Crippen molar-refractivity contribution in [2.45, 2.75) is 32.3 Å². The Labute approximate surface area is 142 Å². The molecule has 0 unspecified atom stereocenters. The molecule has 0 aromatic heterocycles. The number of likely N-dealkylation sites (tertiary alicyclic amines) is 1. The van der Waals surface area contributed by atoms with Crippen molar-refractivity contribution in [3.05, 3.63) is 23.8 Å². The van der Waals surface area contributed by atoms with Gasteiger partial charge in [0.25, 0.3) is 0 Å². The van der Waals surface area contributed by atoms with Gasteiger partial charge in [-0.1, -0.05) is 6.07 Å². The lowest BCUT2D eigenvalue weighted by molar-refractivity contribution is -0.127. The van der Waals surface area contributed by atoms with Crippen LogP contribution in [0.2, 0.25) is 0 Å². The van der Waals surface area contributed by atoms with Crippen LogP contribution in [-0.4, -0.2) is 49.6 Å². The van der Waals surface area contributed by atoms with Gasteiger partial charge in [-0.25, -0.2) is 0 Å². The molecular weight excluding hydrogens is 308 g/mol. The Bertz CT molecular complexity index is 625. The molecule has 0 saturated carbocycles. The molecule has 1 aromatic rings. The lowest BCUT2D eigenvalue weighted by Crippen LogP contribution is -2.26. The van der Waals surface area contributed by atoms with Crippen molar-refractivity contribution in [3.63, 3.8) is 0 Å². The number of anilines is 1. The van der Waals surface area contributed by atoms with E-state index in [0.717, 1.165) is 25.0 Å². The topological polar surface area (TPSA) is 67.9 Å². The van der Waals surface area contributed by atoms with E-state index in [1.165, 1.54) is 0 Å². The minimum Gasteiger partial charge on any atom is -0.489 e. The van der Waals surface area contributed by atoms with Gasteiger partial charge in [-0.3, -0.25) is 9.59 Å². The summed E-state index contributed by atoms with van der Waals surface area (Å²) in [5.74, 6) is 0.207. The zero-order chi connectivity index (χ0) is 17.1. The van der Waals surface area contributed by atoms with Crippen LogP contribution in [0.4, 0.5) is 5.69 Å². The molecule has 2 heterocycles. The fourth-order valence-electron chi connectivity index (χ4n) is 3.08. The van der Waals surface area contributed by atoms with Crippen LogP contribution in [0.3, 0.4) is 0 Å². The molecule has 130 valence electrons. The van der Waals surface area contributed by atoms with Gasteiger partial charge < -0.3 is 19.7 Å². The first-order chi connectivity index (χ1) is 11.5. The third-order valence-electron chi connectivity index (χ3n) is 4.56. The van der Waals surface area contributed by atoms with E-state index in [9.17, 15) is 9.59 Å². The highest BCUT2D eigenvalue weighted by Crippen LogP contribution is 2.28. The van der Waals surface area contributed by atoms with Crippen LogP contribution in [0.25, 0.3) is 0 Å². The number of nitrogens with one attached hydrogen (secondary N) is 1. The molecule has 1 aromatic carbocycles. The number of amides is 2. The smallest absolute Gasteiger partial charge is 0.229 e. The second-order valence-electron chi connectivity index (χ2n) is 6.61. The summed E-state index contributed by atoms with van der Waals surface area (Å²) in [5.41, 5.74) is 1.71. The van der Waals surface area contributed by atoms with Crippen molar-refractivity contribution in [3.8, 4) is 5.75 Å². The highest BCUT2D eigenvalue weighted by atomic mass is 16.5. The number of carbonyl (C=O) groups excluding carboxylic acids is 2. The molecule has 24 heavy (non-hydrogen) atoms. The first kappa shape index (κ1) is 16.8. The summed E-state index contributed by atoms with van der Waals surface area (Å²) in [6.45, 7) is 3.71. The highest BCUT2D eigenvalue weighted by Gasteiger charge is 2.32. The van der Waals surface area contributed by atoms with Crippen molar-refractivity contribution in [2.24, 2.45) is 5.92 Å². The Morgan fingerprint density at radius 1 is 1.46 bits per heavy atom. The van der Waals surface area contributed by atoms with E-state index in [2.05, 4.69) is 5.32 Å². The Balaban J connectivity index is 1.65. The lowest BCUT2D eigenvalue weighted by Gasteiger charge is -2.17. The molecule has 0 spiro atoms. The number of hydrogen-bond donors (Lipinski definition) is 1. The summed E-state index contributed by atoms with van der Waals surface area (Å²) in [6.07, 6.45) is 2.45. The maximum atomic E-state index is 12.4. The van der Waals surface area contributed by atoms with Gasteiger partial charge in [-0.2, -0.15) is 0 Å². The molecule has 2 aliphatic heterocycles. The molecule has 2 amide bonds. The first-order valence-electron chi connectivity index (χ1n) is 8.43. The molecule has 1 N–H and O–H groups in total. The van der Waals surface area contributed by atoms with Crippen LogP contribution in [0.15, 0.2) is 18.2 Å². The number of aryl methyl sites for hydroxylation is 1. The molecule has 6 nitrogen and oxygen atoms in total. The second kappa shape index (κ2) is 7.21. The SMILES string of the molecule is Cc1ccc(NC(=O)[C@H]2CC(=O)N(C)C2)c(OC[C@@H]2CCCO2)c1. The van der Waals surface area contributed by atoms with Crippen LogP contribution < -0.4 is 10.1 Å². The van der Waals surface area contributed by atoms with Gasteiger partial charge in [0.05, 0.1) is 17.7 Å². The van der Waals surface area contributed by atoms with Crippen molar-refractivity contribution in [1.29, 1.82) is 0 Å². The third-order valence-corrected chi connectivity index (χ3v) is 4.56. The van der Waals surface area contributed by atoms with E-state index in [-0.39, 0.29) is 30.3 Å². The molecule has 2 aliphatic rings. The lowest BCUT2D eigenvalue weighted by atomic mass is 10.1. The van der Waals surface area contributed by atoms with Crippen LogP contribution in [0.5, 0.6) is 5.75 Å². The minimum atomic E-state index is -0.310. The fourth-order valence-corrected chi connectivity index (χ4v) is 3.08. The van der Waals surface area contributed by atoms with Crippen molar-refractivity contribution in [1.82, 2.24) is 4.90 Å². The predicted octanol–water partition coefficient (Wildman–Crippen LogP) is 1.97. The molecule has 2 atom stereocenters. The van der Waals surface area contributed by atoms with Crippen molar-refractivity contribution >= 4 is 17.5 Å². The predicted molar refractivity (Wildman–Crippen MR) is 90.0 cm³/mol. The Kier molecular flexibility index (Phi) is 5.04. The molecule has 0 bridgehead atoms. The molecule has 6 heteroatoms. The van der Waals surface area contributed by atoms with E-state index in [4.69, 9.17) is 9.47 Å². The quantitative estimate of drug-likeness (QED) is 0.895. The zero-order valence-corrected chi connectivity index (χ0v) is 14.2. The van der Waals surface area contributed by atoms with E-state index < -0.39 is 0 Å². The van der Waals surface area contributed by atoms with Crippen LogP contribution in [0.1, 0.15) is 24.8 Å². The summed E-state index contributed by atoms with van der Waals surface area (Å²) in [7, 11) is 1.72. The van der Waals surface area contributed by atoms with Gasteiger partial charge in [0, 0.05) is 26.6 Å². The number of ether oxygens (including phenoxy) is 2. The zero-order valence-electron chi connectivity index (χ0n) is 14.2. The molecule has 3 rings (SSSR count). The third kappa shape index (κ3) is 3.87. The van der Waals surface area contributed by atoms with Gasteiger partial charge in [0.2, 0.25) is 11.8 Å². The van der Waals surface area contributed by atoms with E-state index >= 15 is 0 Å². The molecule has 2 saturated heterocycles. The average Bonchev–Trinajstić information content (AvgIpc) is 3.18. The maximum absolute atomic E-state index is 12.4. The number of hydrogen-bond acceptors (Lipinski definition) is 4. The summed E-state index contributed by atoms with van der Waals surface area (Å²) in [6, 6.07) is 5.69. The first-order valence-corrected chi connectivity index (χ1v) is 8.43. The number of nitrogens with zero attached hydrogens (tertiary/aromatic N) is 1. The van der Waals surface area contributed by atoms with Crippen LogP contribution >= 0.6 is 0 Å². The van der Waals surface area contributed by atoms with Crippen LogP contribution in [0, 0.1) is 12.8 Å². The second-order valence-corrected chi connectivity index (χ2v) is 6.61. The standard InChI is InChI=1S/C18H24N2O4/c1-12-5-6-15(16(8-12)24-11-14-4-3-7-23-14)19-18(22)13-9-17(21)20(2)10-13/h5-6,8,13-14H,3-4,7,9-11H2,1-2H3,(H,19,22)/t13-,14-/m0/s1. The minimum absolute atomic E-state index is 0.00825. The fraction of sp³-hybridized carbons (Fsp3) is 0.556. The summed E-state index contributed by atoms with van der Waals surface area (Å²) < 4.78 is 11.5. The molecule has 2 fully saturated rings. The molecule has 0 radical (unpaired) electrons. The Hall–Kier alpha value is -2.08. The van der Waals surface area contributed by atoms with Crippen LogP contribution in [-0.2, 0) is 14.3 Å². The van der Waals surface area contributed by atoms with E-state index in [1.54, 1.807) is 11.9 Å². The van der Waals surface area contributed by atoms with Gasteiger partial charge in [0.15, 0.2) is 0 Å². The van der Waals surface area contributed by atoms with Gasteiger partial charge in [-0.15, -0.1) is 0 Å². The van der Waals surface area contributed by atoms with E-state index in [1.807, 2.05) is 25.1 Å². The van der Waals surface area contributed by atoms with E-state index in [0.29, 0.717) is 24.6 Å². The normalized spacial score (nSPS) is 23.6. The van der Waals surface area contributed by atoms with Crippen molar-refractivity contribution in [2.75, 3.05) is 32.1 Å². The van der Waals surface area contributed by atoms with Gasteiger partial charge in [-0.05, 0) is 37.5 Å². The Morgan fingerprint density at radius 2 is 2.29 bits per heavy atom. The highest BCUT2D eigenvalue weighted by molar-refractivity contribution is 5.98. The number of carbonyl (C=O) groups is 2.